The molecule has 0 fully saturated rings. The summed E-state index contributed by atoms with van der Waals surface area (Å²) in [5.41, 5.74) is 0. The van der Waals surface area contributed by atoms with Gasteiger partial charge in [-0.05, 0) is 41.5 Å². The molecule has 0 amide bonds. The summed E-state index contributed by atoms with van der Waals surface area (Å²) in [5, 5.41) is 3.27. The Labute approximate surface area is 107 Å². The van der Waals surface area contributed by atoms with Crippen LogP contribution >= 0.6 is 27.3 Å². The van der Waals surface area contributed by atoms with Crippen molar-refractivity contribution < 1.29 is 4.42 Å². The van der Waals surface area contributed by atoms with Crippen LogP contribution in [0.15, 0.2) is 26.5 Å². The predicted octanol–water partition coefficient (Wildman–Crippen LogP) is 3.84. The molecule has 2 heterocycles. The minimum atomic E-state index is 0.155. The molecule has 2 aromatic heterocycles. The standard InChI is InChI=1S/C11H13BrN2OS/c1-3-13-7(2)11-14-6-8(15-11)9-4-5-10(12)16-9/h4-7,13H,3H2,1-2H3. The van der Waals surface area contributed by atoms with Crippen molar-refractivity contribution in [3.8, 4) is 10.6 Å². The zero-order chi connectivity index (χ0) is 11.5. The van der Waals surface area contributed by atoms with Crippen LogP contribution in [-0.4, -0.2) is 11.5 Å². The lowest BCUT2D eigenvalue weighted by Gasteiger charge is -2.06. The lowest BCUT2D eigenvalue weighted by molar-refractivity contribution is 0.429. The number of oxazole rings is 1. The molecule has 0 aromatic carbocycles. The zero-order valence-corrected chi connectivity index (χ0v) is 11.6. The van der Waals surface area contributed by atoms with Crippen LogP contribution in [0.25, 0.3) is 10.6 Å². The summed E-state index contributed by atoms with van der Waals surface area (Å²) >= 11 is 5.08. The highest BCUT2D eigenvalue weighted by Crippen LogP contribution is 2.32. The smallest absolute Gasteiger partial charge is 0.211 e. The van der Waals surface area contributed by atoms with Crippen molar-refractivity contribution in [3.63, 3.8) is 0 Å². The van der Waals surface area contributed by atoms with Gasteiger partial charge in [0.05, 0.1) is 20.9 Å². The molecule has 3 nitrogen and oxygen atoms in total. The van der Waals surface area contributed by atoms with Crippen molar-refractivity contribution in [2.45, 2.75) is 19.9 Å². The molecule has 0 saturated heterocycles. The SMILES string of the molecule is CCNC(C)c1ncc(-c2ccc(Br)s2)o1. The van der Waals surface area contributed by atoms with Gasteiger partial charge in [-0.1, -0.05) is 6.92 Å². The predicted molar refractivity (Wildman–Crippen MR) is 69.6 cm³/mol. The lowest BCUT2D eigenvalue weighted by atomic mass is 10.3. The molecule has 2 rings (SSSR count). The van der Waals surface area contributed by atoms with Crippen molar-refractivity contribution in [2.24, 2.45) is 0 Å². The third-order valence-electron chi connectivity index (χ3n) is 2.22. The number of nitrogens with one attached hydrogen (secondary N) is 1. The van der Waals surface area contributed by atoms with Crippen molar-refractivity contribution in [2.75, 3.05) is 6.54 Å². The van der Waals surface area contributed by atoms with Gasteiger partial charge < -0.3 is 9.73 Å². The van der Waals surface area contributed by atoms with E-state index in [0.717, 1.165) is 26.9 Å². The molecule has 86 valence electrons. The minimum absolute atomic E-state index is 0.155. The van der Waals surface area contributed by atoms with Crippen LogP contribution in [0.4, 0.5) is 0 Å². The van der Waals surface area contributed by atoms with Gasteiger partial charge in [0, 0.05) is 0 Å². The number of nitrogens with zero attached hydrogens (tertiary/aromatic N) is 1. The first-order valence-electron chi connectivity index (χ1n) is 5.15. The first kappa shape index (κ1) is 11.8. The molecule has 5 heteroatoms. The van der Waals surface area contributed by atoms with Crippen LogP contribution in [0.5, 0.6) is 0 Å². The maximum Gasteiger partial charge on any atom is 0.211 e. The fourth-order valence-corrected chi connectivity index (χ4v) is 2.77. The van der Waals surface area contributed by atoms with Gasteiger partial charge in [-0.15, -0.1) is 11.3 Å². The molecule has 1 N–H and O–H groups in total. The Morgan fingerprint density at radius 3 is 3.00 bits per heavy atom. The topological polar surface area (TPSA) is 38.1 Å². The highest BCUT2D eigenvalue weighted by Gasteiger charge is 2.13. The van der Waals surface area contributed by atoms with Gasteiger partial charge in [-0.25, -0.2) is 4.98 Å². The van der Waals surface area contributed by atoms with Crippen LogP contribution in [0.3, 0.4) is 0 Å². The highest BCUT2D eigenvalue weighted by atomic mass is 79.9. The number of rotatable bonds is 4. The van der Waals surface area contributed by atoms with E-state index in [1.54, 1.807) is 17.5 Å². The van der Waals surface area contributed by atoms with Crippen molar-refractivity contribution >= 4 is 27.3 Å². The molecule has 0 spiro atoms. The van der Waals surface area contributed by atoms with E-state index in [0.29, 0.717) is 0 Å². The van der Waals surface area contributed by atoms with E-state index < -0.39 is 0 Å². The number of thiophene rings is 1. The average Bonchev–Trinajstić information content (AvgIpc) is 2.85. The van der Waals surface area contributed by atoms with Gasteiger partial charge in [0.1, 0.15) is 0 Å². The first-order chi connectivity index (χ1) is 7.70. The van der Waals surface area contributed by atoms with Crippen molar-refractivity contribution in [1.82, 2.24) is 10.3 Å². The molecule has 0 saturated carbocycles. The molecule has 0 bridgehead atoms. The van der Waals surface area contributed by atoms with E-state index in [9.17, 15) is 0 Å². The third kappa shape index (κ3) is 2.53. The van der Waals surface area contributed by atoms with E-state index in [4.69, 9.17) is 4.42 Å². The van der Waals surface area contributed by atoms with Gasteiger partial charge in [-0.2, -0.15) is 0 Å². The second-order valence-corrected chi connectivity index (χ2v) is 5.91. The third-order valence-corrected chi connectivity index (χ3v) is 3.86. The summed E-state index contributed by atoms with van der Waals surface area (Å²) in [4.78, 5) is 5.37. The fraction of sp³-hybridized carbons (Fsp3) is 0.364. The molecule has 0 aliphatic carbocycles. The summed E-state index contributed by atoms with van der Waals surface area (Å²) in [6.45, 7) is 5.02. The van der Waals surface area contributed by atoms with Crippen LogP contribution < -0.4 is 5.32 Å². The second-order valence-electron chi connectivity index (χ2n) is 3.45. The maximum atomic E-state index is 5.71. The average molecular weight is 301 g/mol. The monoisotopic (exact) mass is 300 g/mol. The zero-order valence-electron chi connectivity index (χ0n) is 9.16. The number of hydrogen-bond donors (Lipinski definition) is 1. The van der Waals surface area contributed by atoms with Gasteiger partial charge in [0.2, 0.25) is 5.89 Å². The molecule has 16 heavy (non-hydrogen) atoms. The Kier molecular flexibility index (Phi) is 3.78. The number of aromatic nitrogens is 1. The molecule has 0 aliphatic rings. The van der Waals surface area contributed by atoms with Crippen LogP contribution in [0, 0.1) is 0 Å². The minimum Gasteiger partial charge on any atom is -0.438 e. The van der Waals surface area contributed by atoms with E-state index in [-0.39, 0.29) is 6.04 Å². The first-order valence-corrected chi connectivity index (χ1v) is 6.76. The molecule has 1 unspecified atom stereocenters. The van der Waals surface area contributed by atoms with Crippen molar-refractivity contribution in [3.05, 3.63) is 28.0 Å². The van der Waals surface area contributed by atoms with Gasteiger partial charge in [0.15, 0.2) is 5.76 Å². The molecule has 1 atom stereocenters. The Morgan fingerprint density at radius 2 is 2.38 bits per heavy atom. The quantitative estimate of drug-likeness (QED) is 0.932. The van der Waals surface area contributed by atoms with Crippen molar-refractivity contribution in [1.29, 1.82) is 0 Å². The Hall–Kier alpha value is -0.650. The second kappa shape index (κ2) is 5.12. The summed E-state index contributed by atoms with van der Waals surface area (Å²) in [7, 11) is 0. The van der Waals surface area contributed by atoms with E-state index in [1.807, 2.05) is 19.1 Å². The fourth-order valence-electron chi connectivity index (χ4n) is 1.44. The summed E-state index contributed by atoms with van der Waals surface area (Å²) in [6, 6.07) is 4.19. The van der Waals surface area contributed by atoms with Crippen LogP contribution in [0.1, 0.15) is 25.8 Å². The van der Waals surface area contributed by atoms with E-state index in [2.05, 4.69) is 33.2 Å². The summed E-state index contributed by atoms with van der Waals surface area (Å²) in [5.74, 6) is 1.57. The molecular formula is C11H13BrN2OS. The van der Waals surface area contributed by atoms with Crippen LogP contribution in [-0.2, 0) is 0 Å². The van der Waals surface area contributed by atoms with Gasteiger partial charge in [-0.3, -0.25) is 0 Å². The highest BCUT2D eigenvalue weighted by molar-refractivity contribution is 9.11. The Bertz CT molecular complexity index is 466. The van der Waals surface area contributed by atoms with Crippen LogP contribution in [0.2, 0.25) is 0 Å². The van der Waals surface area contributed by atoms with E-state index in [1.165, 1.54) is 0 Å². The molecular weight excluding hydrogens is 288 g/mol. The number of hydrogen-bond acceptors (Lipinski definition) is 4. The largest absolute Gasteiger partial charge is 0.438 e. The van der Waals surface area contributed by atoms with Gasteiger partial charge >= 0.3 is 0 Å². The number of halogens is 1. The Balaban J connectivity index is 2.19. The normalized spacial score (nSPS) is 12.9. The lowest BCUT2D eigenvalue weighted by Crippen LogP contribution is -2.17. The summed E-state index contributed by atoms with van der Waals surface area (Å²) in [6.07, 6.45) is 1.78. The maximum absolute atomic E-state index is 5.71. The summed E-state index contributed by atoms with van der Waals surface area (Å²) < 4.78 is 6.81. The molecule has 0 aliphatic heterocycles. The van der Waals surface area contributed by atoms with E-state index >= 15 is 0 Å². The van der Waals surface area contributed by atoms with Gasteiger partial charge in [0.25, 0.3) is 0 Å². The molecule has 2 aromatic rings. The Morgan fingerprint density at radius 1 is 1.56 bits per heavy atom. The molecule has 0 radical (unpaired) electrons.